The van der Waals surface area contributed by atoms with Crippen LogP contribution in [-0.2, 0) is 0 Å². The second-order valence-corrected chi connectivity index (χ2v) is 8.62. The summed E-state index contributed by atoms with van der Waals surface area (Å²) in [6, 6.07) is 13.3. The number of nitrogens with one attached hydrogen (secondary N) is 1. The molecule has 4 rings (SSSR count). The first-order valence-corrected chi connectivity index (χ1v) is 11.6. The van der Waals surface area contributed by atoms with Crippen molar-refractivity contribution >= 4 is 57.0 Å². The second-order valence-electron chi connectivity index (χ2n) is 6.97. The Labute approximate surface area is 195 Å². The number of piperazine rings is 1. The molecule has 0 bridgehead atoms. The third-order valence-electron chi connectivity index (χ3n) is 4.98. The fraction of sp³-hybridized carbons (Fsp3) is 0.273. The molecule has 1 aromatic heterocycles. The van der Waals surface area contributed by atoms with Gasteiger partial charge in [0.05, 0.1) is 22.3 Å². The third kappa shape index (κ3) is 5.06. The average Bonchev–Trinajstić information content (AvgIpc) is 3.25. The van der Waals surface area contributed by atoms with Gasteiger partial charge in [0.1, 0.15) is 11.4 Å². The molecule has 0 spiro atoms. The van der Waals surface area contributed by atoms with Gasteiger partial charge in [0.2, 0.25) is 0 Å². The zero-order chi connectivity index (χ0) is 21.8. The Morgan fingerprint density at radius 3 is 2.58 bits per heavy atom. The van der Waals surface area contributed by atoms with E-state index in [1.54, 1.807) is 11.4 Å². The molecule has 3 aromatic rings. The van der Waals surface area contributed by atoms with Crippen LogP contribution >= 0.6 is 34.5 Å². The Bertz CT molecular complexity index is 1050. The molecule has 0 aliphatic carbocycles. The molecular weight excluding hydrogens is 455 g/mol. The molecule has 31 heavy (non-hydrogen) atoms. The molecule has 6 nitrogen and oxygen atoms in total. The van der Waals surface area contributed by atoms with E-state index in [1.165, 1.54) is 11.3 Å². The van der Waals surface area contributed by atoms with Gasteiger partial charge in [-0.1, -0.05) is 29.3 Å². The number of carbonyl (C=O) groups excluding carboxylic acids is 1. The lowest BCUT2D eigenvalue weighted by Crippen LogP contribution is -2.49. The Morgan fingerprint density at radius 2 is 1.87 bits per heavy atom. The first-order valence-electron chi connectivity index (χ1n) is 9.99. The molecule has 1 N–H and O–H groups in total. The maximum absolute atomic E-state index is 12.9. The molecule has 0 saturated carbocycles. The molecule has 2 aromatic carbocycles. The molecule has 0 unspecified atom stereocenters. The van der Waals surface area contributed by atoms with Crippen LogP contribution in [0.5, 0.6) is 5.75 Å². The highest BCUT2D eigenvalue weighted by Gasteiger charge is 2.25. The monoisotopic (exact) mass is 476 g/mol. The molecular formula is C22H22Cl2N4O2S. The predicted molar refractivity (Wildman–Crippen MR) is 128 cm³/mol. The number of hydrogen-bond donors (Lipinski definition) is 1. The van der Waals surface area contributed by atoms with Gasteiger partial charge < -0.3 is 19.9 Å². The summed E-state index contributed by atoms with van der Waals surface area (Å²) in [5, 5.41) is 6.79. The number of halogens is 2. The van der Waals surface area contributed by atoms with E-state index in [9.17, 15) is 4.79 Å². The lowest BCUT2D eigenvalue weighted by molar-refractivity contribution is 0.0742. The minimum atomic E-state index is -0.0622. The zero-order valence-electron chi connectivity index (χ0n) is 17.0. The van der Waals surface area contributed by atoms with E-state index < -0.39 is 0 Å². The molecule has 1 aliphatic rings. The van der Waals surface area contributed by atoms with Crippen LogP contribution in [-0.4, -0.2) is 48.6 Å². The number of amides is 1. The standard InChI is InChI=1S/C22H22Cl2N4O2S/c1-2-30-16-8-6-15(7-9-16)25-22-26-18(14-31-22)21(29)28-12-10-27(11-13-28)19-5-3-4-17(23)20(19)24/h3-9,14H,2,10-13H2,1H3,(H,25,26). The molecule has 9 heteroatoms. The number of benzene rings is 2. The lowest BCUT2D eigenvalue weighted by atomic mass is 10.2. The molecule has 1 fully saturated rings. The number of ether oxygens (including phenoxy) is 1. The molecule has 1 aliphatic heterocycles. The van der Waals surface area contributed by atoms with Crippen molar-refractivity contribution in [1.82, 2.24) is 9.88 Å². The van der Waals surface area contributed by atoms with Crippen molar-refractivity contribution in [2.24, 2.45) is 0 Å². The van der Waals surface area contributed by atoms with Crippen molar-refractivity contribution in [2.45, 2.75) is 6.92 Å². The minimum Gasteiger partial charge on any atom is -0.494 e. The van der Waals surface area contributed by atoms with Crippen LogP contribution in [0.4, 0.5) is 16.5 Å². The first-order chi connectivity index (χ1) is 15.0. The number of anilines is 3. The zero-order valence-corrected chi connectivity index (χ0v) is 19.3. The Hall–Kier alpha value is -2.48. The Morgan fingerprint density at radius 1 is 1.13 bits per heavy atom. The number of rotatable bonds is 6. The van der Waals surface area contributed by atoms with E-state index >= 15 is 0 Å². The Kier molecular flexibility index (Phi) is 6.85. The highest BCUT2D eigenvalue weighted by Crippen LogP contribution is 2.33. The van der Waals surface area contributed by atoms with Crippen LogP contribution in [0.2, 0.25) is 10.0 Å². The number of hydrogen-bond acceptors (Lipinski definition) is 6. The maximum atomic E-state index is 12.9. The molecule has 0 atom stereocenters. The van der Waals surface area contributed by atoms with Gasteiger partial charge in [-0.2, -0.15) is 0 Å². The summed E-state index contributed by atoms with van der Waals surface area (Å²) in [5.41, 5.74) is 2.24. The van der Waals surface area contributed by atoms with E-state index in [2.05, 4.69) is 15.2 Å². The molecule has 162 valence electrons. The van der Waals surface area contributed by atoms with Crippen LogP contribution < -0.4 is 15.0 Å². The van der Waals surface area contributed by atoms with Crippen molar-refractivity contribution in [3.8, 4) is 5.75 Å². The van der Waals surface area contributed by atoms with Crippen molar-refractivity contribution in [3.05, 3.63) is 63.6 Å². The summed E-state index contributed by atoms with van der Waals surface area (Å²) in [6.45, 7) is 5.15. The predicted octanol–water partition coefficient (Wildman–Crippen LogP) is 5.55. The van der Waals surface area contributed by atoms with Crippen molar-refractivity contribution in [1.29, 1.82) is 0 Å². The van der Waals surface area contributed by atoms with E-state index in [4.69, 9.17) is 27.9 Å². The van der Waals surface area contributed by atoms with Crippen molar-refractivity contribution in [2.75, 3.05) is 43.0 Å². The highest BCUT2D eigenvalue weighted by atomic mass is 35.5. The fourth-order valence-corrected chi connectivity index (χ4v) is 4.52. The average molecular weight is 477 g/mol. The number of nitrogens with zero attached hydrogens (tertiary/aromatic N) is 3. The Balaban J connectivity index is 1.35. The van der Waals surface area contributed by atoms with Crippen LogP contribution in [0.15, 0.2) is 47.8 Å². The number of thiazole rings is 1. The highest BCUT2D eigenvalue weighted by molar-refractivity contribution is 7.14. The quantitative estimate of drug-likeness (QED) is 0.504. The van der Waals surface area contributed by atoms with E-state index in [1.807, 2.05) is 48.2 Å². The van der Waals surface area contributed by atoms with Gasteiger partial charge in [0.15, 0.2) is 5.13 Å². The largest absolute Gasteiger partial charge is 0.494 e. The van der Waals surface area contributed by atoms with Crippen LogP contribution in [0.25, 0.3) is 0 Å². The van der Waals surface area contributed by atoms with E-state index in [-0.39, 0.29) is 5.91 Å². The topological polar surface area (TPSA) is 57.7 Å². The molecule has 1 saturated heterocycles. The SMILES string of the molecule is CCOc1ccc(Nc2nc(C(=O)N3CCN(c4cccc(Cl)c4Cl)CC3)cs2)cc1. The number of carbonyl (C=O) groups is 1. The van der Waals surface area contributed by atoms with Crippen molar-refractivity contribution < 1.29 is 9.53 Å². The van der Waals surface area contributed by atoms with Gasteiger partial charge in [-0.15, -0.1) is 11.3 Å². The summed E-state index contributed by atoms with van der Waals surface area (Å²) in [6.07, 6.45) is 0. The van der Waals surface area contributed by atoms with E-state index in [0.29, 0.717) is 53.7 Å². The molecule has 0 radical (unpaired) electrons. The first kappa shape index (κ1) is 21.7. The molecule has 2 heterocycles. The van der Waals surface area contributed by atoms with Gasteiger partial charge in [0, 0.05) is 37.2 Å². The van der Waals surface area contributed by atoms with E-state index in [0.717, 1.165) is 17.1 Å². The van der Waals surface area contributed by atoms with Gasteiger partial charge >= 0.3 is 0 Å². The summed E-state index contributed by atoms with van der Waals surface area (Å²) in [4.78, 5) is 21.4. The van der Waals surface area contributed by atoms with Gasteiger partial charge in [0.25, 0.3) is 5.91 Å². The summed E-state index contributed by atoms with van der Waals surface area (Å²) in [7, 11) is 0. The molecule has 1 amide bonds. The van der Waals surface area contributed by atoms with Crippen molar-refractivity contribution in [3.63, 3.8) is 0 Å². The van der Waals surface area contributed by atoms with Gasteiger partial charge in [-0.25, -0.2) is 4.98 Å². The normalized spacial score (nSPS) is 13.9. The second kappa shape index (κ2) is 9.77. The third-order valence-corrected chi connectivity index (χ3v) is 6.55. The summed E-state index contributed by atoms with van der Waals surface area (Å²) >= 11 is 13.9. The summed E-state index contributed by atoms with van der Waals surface area (Å²) < 4.78 is 5.45. The lowest BCUT2D eigenvalue weighted by Gasteiger charge is -2.36. The fourth-order valence-electron chi connectivity index (χ4n) is 3.40. The number of aromatic nitrogens is 1. The van der Waals surface area contributed by atoms with Gasteiger partial charge in [-0.05, 0) is 43.3 Å². The minimum absolute atomic E-state index is 0.0622. The smallest absolute Gasteiger partial charge is 0.273 e. The van der Waals surface area contributed by atoms with Crippen LogP contribution in [0.1, 0.15) is 17.4 Å². The van der Waals surface area contributed by atoms with Gasteiger partial charge in [-0.3, -0.25) is 4.79 Å². The van der Waals surface area contributed by atoms with Crippen LogP contribution in [0.3, 0.4) is 0 Å². The van der Waals surface area contributed by atoms with Crippen LogP contribution in [0, 0.1) is 0 Å². The summed E-state index contributed by atoms with van der Waals surface area (Å²) in [5.74, 6) is 0.758. The maximum Gasteiger partial charge on any atom is 0.273 e.